The maximum absolute atomic E-state index is 13.2. The van der Waals surface area contributed by atoms with Crippen molar-refractivity contribution in [1.29, 1.82) is 0 Å². The second-order valence-corrected chi connectivity index (χ2v) is 5.04. The van der Waals surface area contributed by atoms with E-state index in [1.807, 2.05) is 13.8 Å². The number of hydrogen-bond donors (Lipinski definition) is 4. The molecule has 0 amide bonds. The molecule has 0 aromatic heterocycles. The molecule has 5 nitrogen and oxygen atoms in total. The minimum Gasteiger partial charge on any atom is -0.409 e. The molecule has 1 aromatic carbocycles. The average molecular weight is 269 g/mol. The van der Waals surface area contributed by atoms with Gasteiger partial charge in [0.2, 0.25) is 0 Å². The minimum atomic E-state index is -0.555. The summed E-state index contributed by atoms with van der Waals surface area (Å²) in [5, 5.41) is 24.4. The van der Waals surface area contributed by atoms with Crippen molar-refractivity contribution in [2.45, 2.75) is 39.0 Å². The molecule has 5 N–H and O–H groups in total. The van der Waals surface area contributed by atoms with Gasteiger partial charge in [0.05, 0.1) is 6.10 Å². The number of oxime groups is 1. The fourth-order valence-corrected chi connectivity index (χ4v) is 1.47. The Bertz CT molecular complexity index is 473. The van der Waals surface area contributed by atoms with Crippen molar-refractivity contribution in [2.24, 2.45) is 10.9 Å². The molecule has 1 atom stereocenters. The monoisotopic (exact) mass is 269 g/mol. The van der Waals surface area contributed by atoms with Gasteiger partial charge in [-0.05, 0) is 38.5 Å². The van der Waals surface area contributed by atoms with Crippen molar-refractivity contribution in [3.8, 4) is 0 Å². The normalized spacial score (nSPS) is 14.5. The van der Waals surface area contributed by atoms with Crippen LogP contribution in [0.25, 0.3) is 0 Å². The fourth-order valence-electron chi connectivity index (χ4n) is 1.47. The van der Waals surface area contributed by atoms with Crippen molar-refractivity contribution < 1.29 is 14.7 Å². The van der Waals surface area contributed by atoms with Crippen molar-refractivity contribution in [3.63, 3.8) is 0 Å². The summed E-state index contributed by atoms with van der Waals surface area (Å²) in [6.45, 7) is 5.75. The first kappa shape index (κ1) is 15.4. The fraction of sp³-hybridized carbons (Fsp3) is 0.462. The largest absolute Gasteiger partial charge is 0.409 e. The summed E-state index contributed by atoms with van der Waals surface area (Å²) in [6, 6.07) is 4.08. The van der Waals surface area contributed by atoms with Gasteiger partial charge in [0.1, 0.15) is 5.82 Å². The smallest absolute Gasteiger partial charge is 0.170 e. The Kier molecular flexibility index (Phi) is 4.85. The zero-order valence-electron chi connectivity index (χ0n) is 11.3. The first-order valence-corrected chi connectivity index (χ1v) is 5.97. The lowest BCUT2D eigenvalue weighted by Crippen LogP contribution is -2.47. The summed E-state index contributed by atoms with van der Waals surface area (Å²) in [5.74, 6) is -0.605. The summed E-state index contributed by atoms with van der Waals surface area (Å²) in [6.07, 6.45) is -0.555. The number of rotatable bonds is 5. The van der Waals surface area contributed by atoms with E-state index in [4.69, 9.17) is 10.9 Å². The van der Waals surface area contributed by atoms with Gasteiger partial charge in [-0.3, -0.25) is 0 Å². The maximum Gasteiger partial charge on any atom is 0.170 e. The van der Waals surface area contributed by atoms with Gasteiger partial charge in [-0.15, -0.1) is 0 Å². The van der Waals surface area contributed by atoms with Crippen LogP contribution in [0.15, 0.2) is 23.4 Å². The summed E-state index contributed by atoms with van der Waals surface area (Å²) < 4.78 is 13.2. The van der Waals surface area contributed by atoms with Crippen LogP contribution in [0, 0.1) is 5.82 Å². The second-order valence-electron chi connectivity index (χ2n) is 5.04. The number of benzene rings is 1. The standard InChI is InChI=1S/C13H20FN3O2/c1-8(18)13(2,3)16-7-9-4-5-10(14)6-11(9)12(15)17-19/h4-6,8,16,18-19H,7H2,1-3H3,(H2,15,17). The first-order valence-electron chi connectivity index (χ1n) is 5.97. The van der Waals surface area contributed by atoms with Crippen LogP contribution in [0.1, 0.15) is 31.9 Å². The number of hydrogen-bond acceptors (Lipinski definition) is 4. The molecule has 0 spiro atoms. The highest BCUT2D eigenvalue weighted by molar-refractivity contribution is 5.98. The van der Waals surface area contributed by atoms with E-state index >= 15 is 0 Å². The summed E-state index contributed by atoms with van der Waals surface area (Å²) in [5.41, 5.74) is 6.03. The second kappa shape index (κ2) is 5.99. The third-order valence-electron chi connectivity index (χ3n) is 3.23. The molecule has 0 saturated carbocycles. The van der Waals surface area contributed by atoms with Gasteiger partial charge in [-0.1, -0.05) is 11.2 Å². The van der Waals surface area contributed by atoms with Gasteiger partial charge in [0.15, 0.2) is 5.84 Å². The number of halogens is 1. The summed E-state index contributed by atoms with van der Waals surface area (Å²) in [7, 11) is 0. The van der Waals surface area contributed by atoms with Gasteiger partial charge in [0, 0.05) is 17.6 Å². The third kappa shape index (κ3) is 3.90. The lowest BCUT2D eigenvalue weighted by molar-refractivity contribution is 0.0956. The summed E-state index contributed by atoms with van der Waals surface area (Å²) >= 11 is 0. The zero-order chi connectivity index (χ0) is 14.6. The molecule has 0 aliphatic rings. The number of nitrogens with zero attached hydrogens (tertiary/aromatic N) is 1. The molecule has 6 heteroatoms. The Balaban J connectivity index is 2.96. The highest BCUT2D eigenvalue weighted by atomic mass is 19.1. The van der Waals surface area contributed by atoms with Gasteiger partial charge in [-0.2, -0.15) is 0 Å². The van der Waals surface area contributed by atoms with E-state index in [1.165, 1.54) is 12.1 Å². The highest BCUT2D eigenvalue weighted by Crippen LogP contribution is 2.14. The molecule has 1 aromatic rings. The predicted molar refractivity (Wildman–Crippen MR) is 71.5 cm³/mol. The lowest BCUT2D eigenvalue weighted by Gasteiger charge is -2.30. The van der Waals surface area contributed by atoms with Crippen molar-refractivity contribution in [3.05, 3.63) is 35.1 Å². The third-order valence-corrected chi connectivity index (χ3v) is 3.23. The quantitative estimate of drug-likeness (QED) is 0.279. The van der Waals surface area contributed by atoms with Crippen LogP contribution < -0.4 is 11.1 Å². The molecule has 0 radical (unpaired) electrons. The Morgan fingerprint density at radius 1 is 1.53 bits per heavy atom. The van der Waals surface area contributed by atoms with Crippen LogP contribution in [-0.4, -0.2) is 27.8 Å². The van der Waals surface area contributed by atoms with E-state index in [1.54, 1.807) is 13.0 Å². The minimum absolute atomic E-state index is 0.147. The van der Waals surface area contributed by atoms with Crippen LogP contribution >= 0.6 is 0 Å². The number of nitrogens with one attached hydrogen (secondary N) is 1. The SMILES string of the molecule is CC(O)C(C)(C)NCc1ccc(F)cc1/C(N)=N/O. The molecule has 0 aliphatic carbocycles. The number of nitrogens with two attached hydrogens (primary N) is 1. The lowest BCUT2D eigenvalue weighted by atomic mass is 9.97. The first-order chi connectivity index (χ1) is 8.77. The van der Waals surface area contributed by atoms with Gasteiger partial charge in [0.25, 0.3) is 0 Å². The average Bonchev–Trinajstić information content (AvgIpc) is 2.36. The topological polar surface area (TPSA) is 90.9 Å². The molecule has 19 heavy (non-hydrogen) atoms. The molecular formula is C13H20FN3O2. The molecule has 1 unspecified atom stereocenters. The van der Waals surface area contributed by atoms with E-state index in [9.17, 15) is 9.50 Å². The van der Waals surface area contributed by atoms with E-state index in [0.29, 0.717) is 17.7 Å². The van der Waals surface area contributed by atoms with Crippen LogP contribution in [0.3, 0.4) is 0 Å². The van der Waals surface area contributed by atoms with E-state index in [0.717, 1.165) is 0 Å². The molecule has 0 aliphatic heterocycles. The molecule has 0 heterocycles. The Morgan fingerprint density at radius 3 is 2.68 bits per heavy atom. The number of amidine groups is 1. The molecule has 0 saturated heterocycles. The van der Waals surface area contributed by atoms with Crippen LogP contribution in [0.4, 0.5) is 4.39 Å². The van der Waals surface area contributed by atoms with E-state index in [2.05, 4.69) is 10.5 Å². The van der Waals surface area contributed by atoms with Crippen molar-refractivity contribution in [2.75, 3.05) is 0 Å². The van der Waals surface area contributed by atoms with Crippen LogP contribution in [-0.2, 0) is 6.54 Å². The Morgan fingerprint density at radius 2 is 2.16 bits per heavy atom. The molecule has 0 bridgehead atoms. The summed E-state index contributed by atoms with van der Waals surface area (Å²) in [4.78, 5) is 0. The van der Waals surface area contributed by atoms with E-state index in [-0.39, 0.29) is 5.84 Å². The maximum atomic E-state index is 13.2. The molecule has 106 valence electrons. The predicted octanol–water partition coefficient (Wildman–Crippen LogP) is 1.17. The van der Waals surface area contributed by atoms with Crippen molar-refractivity contribution >= 4 is 5.84 Å². The molecule has 0 fully saturated rings. The zero-order valence-corrected chi connectivity index (χ0v) is 11.3. The molecule has 1 rings (SSSR count). The van der Waals surface area contributed by atoms with Crippen LogP contribution in [0.5, 0.6) is 0 Å². The Hall–Kier alpha value is -1.66. The molecular weight excluding hydrogens is 249 g/mol. The highest BCUT2D eigenvalue weighted by Gasteiger charge is 2.23. The van der Waals surface area contributed by atoms with Gasteiger partial charge in [-0.25, -0.2) is 4.39 Å². The Labute approximate surface area is 111 Å². The van der Waals surface area contributed by atoms with E-state index < -0.39 is 17.5 Å². The van der Waals surface area contributed by atoms with Crippen molar-refractivity contribution in [1.82, 2.24) is 5.32 Å². The number of aliphatic hydroxyl groups excluding tert-OH is 1. The van der Waals surface area contributed by atoms with Gasteiger partial charge >= 0.3 is 0 Å². The van der Waals surface area contributed by atoms with Crippen LogP contribution in [0.2, 0.25) is 0 Å². The van der Waals surface area contributed by atoms with Gasteiger partial charge < -0.3 is 21.4 Å². The number of aliphatic hydroxyl groups is 1.